The summed E-state index contributed by atoms with van der Waals surface area (Å²) in [6.07, 6.45) is 0. The third-order valence-electron chi connectivity index (χ3n) is 2.84. The third-order valence-corrected chi connectivity index (χ3v) is 3.52. The Morgan fingerprint density at radius 1 is 1.00 bits per heavy atom. The number of hydrogen-bond donors (Lipinski definition) is 1. The molecule has 0 aliphatic rings. The second kappa shape index (κ2) is 5.83. The number of benzene rings is 2. The molecule has 0 heterocycles. The highest BCUT2D eigenvalue weighted by atomic mass is 79.9. The minimum absolute atomic E-state index is 0.160. The van der Waals surface area contributed by atoms with Crippen LogP contribution in [0.4, 0.5) is 23.2 Å². The molecular weight excluding hydrogens is 338 g/mol. The average molecular weight is 348 g/mol. The van der Waals surface area contributed by atoms with Gasteiger partial charge in [0, 0.05) is 10.5 Å². The van der Waals surface area contributed by atoms with E-state index in [0.29, 0.717) is 10.0 Å². The molecule has 0 amide bonds. The Bertz CT molecular complexity index is 645. The van der Waals surface area contributed by atoms with Crippen molar-refractivity contribution >= 4 is 21.6 Å². The lowest BCUT2D eigenvalue weighted by Crippen LogP contribution is -2.10. The van der Waals surface area contributed by atoms with E-state index in [2.05, 4.69) is 21.2 Å². The Balaban J connectivity index is 2.28. The van der Waals surface area contributed by atoms with Gasteiger partial charge in [0.25, 0.3) is 0 Å². The van der Waals surface area contributed by atoms with Gasteiger partial charge in [0.1, 0.15) is 5.82 Å². The molecule has 0 saturated carbocycles. The van der Waals surface area contributed by atoms with Crippen LogP contribution in [0.15, 0.2) is 34.8 Å². The lowest BCUT2D eigenvalue weighted by molar-refractivity contribution is 0.448. The van der Waals surface area contributed by atoms with Gasteiger partial charge in [0.15, 0.2) is 17.5 Å². The van der Waals surface area contributed by atoms with Crippen LogP contribution in [0.2, 0.25) is 0 Å². The Morgan fingerprint density at radius 2 is 1.70 bits per heavy atom. The van der Waals surface area contributed by atoms with Crippen LogP contribution in [-0.2, 0) is 0 Å². The molecule has 0 saturated heterocycles. The van der Waals surface area contributed by atoms with Gasteiger partial charge < -0.3 is 5.32 Å². The fourth-order valence-electron chi connectivity index (χ4n) is 1.80. The van der Waals surface area contributed by atoms with Crippen LogP contribution in [0.3, 0.4) is 0 Å². The summed E-state index contributed by atoms with van der Waals surface area (Å²) in [4.78, 5) is 0. The molecule has 1 nitrogen and oxygen atoms in total. The number of hydrogen-bond acceptors (Lipinski definition) is 1. The van der Waals surface area contributed by atoms with Gasteiger partial charge in [-0.15, -0.1) is 0 Å². The zero-order valence-corrected chi connectivity index (χ0v) is 11.9. The zero-order valence-electron chi connectivity index (χ0n) is 10.4. The van der Waals surface area contributed by atoms with Crippen LogP contribution in [0.25, 0.3) is 0 Å². The fourth-order valence-corrected chi connectivity index (χ4v) is 2.50. The highest BCUT2D eigenvalue weighted by Gasteiger charge is 2.16. The summed E-state index contributed by atoms with van der Waals surface area (Å²) in [7, 11) is 0. The summed E-state index contributed by atoms with van der Waals surface area (Å²) in [5.41, 5.74) is 0.503. The van der Waals surface area contributed by atoms with Crippen LogP contribution in [0.1, 0.15) is 18.5 Å². The van der Waals surface area contributed by atoms with Crippen molar-refractivity contribution in [2.45, 2.75) is 13.0 Å². The van der Waals surface area contributed by atoms with E-state index in [9.17, 15) is 17.6 Å². The Labute approximate surface area is 121 Å². The molecule has 0 aliphatic carbocycles. The summed E-state index contributed by atoms with van der Waals surface area (Å²) in [6, 6.07) is 5.59. The van der Waals surface area contributed by atoms with E-state index in [1.165, 1.54) is 18.2 Å². The van der Waals surface area contributed by atoms with Crippen LogP contribution in [-0.4, -0.2) is 0 Å². The summed E-state index contributed by atoms with van der Waals surface area (Å²) in [5.74, 6) is -4.47. The molecule has 1 atom stereocenters. The lowest BCUT2D eigenvalue weighted by atomic mass is 10.1. The van der Waals surface area contributed by atoms with Gasteiger partial charge >= 0.3 is 0 Å². The minimum atomic E-state index is -1.53. The predicted molar refractivity (Wildman–Crippen MR) is 72.5 cm³/mol. The molecule has 0 bridgehead atoms. The lowest BCUT2D eigenvalue weighted by Gasteiger charge is -2.18. The van der Waals surface area contributed by atoms with E-state index < -0.39 is 29.3 Å². The normalized spacial score (nSPS) is 12.3. The smallest absolute Gasteiger partial charge is 0.196 e. The fraction of sp³-hybridized carbons (Fsp3) is 0.143. The molecule has 0 aromatic heterocycles. The second-order valence-electron chi connectivity index (χ2n) is 4.25. The molecule has 2 aromatic carbocycles. The highest BCUT2D eigenvalue weighted by molar-refractivity contribution is 9.10. The van der Waals surface area contributed by atoms with Crippen molar-refractivity contribution in [3.05, 3.63) is 63.6 Å². The molecule has 0 fully saturated rings. The molecular formula is C14H10BrF4N. The molecule has 0 aliphatic heterocycles. The SMILES string of the molecule is CC(Nc1ccc(F)c(F)c1F)c1ccc(F)cc1Br. The maximum Gasteiger partial charge on any atom is 0.196 e. The zero-order chi connectivity index (χ0) is 14.9. The van der Waals surface area contributed by atoms with Gasteiger partial charge in [-0.2, -0.15) is 0 Å². The molecule has 0 spiro atoms. The number of nitrogens with one attached hydrogen (secondary N) is 1. The molecule has 1 N–H and O–H groups in total. The largest absolute Gasteiger partial charge is 0.376 e. The summed E-state index contributed by atoms with van der Waals surface area (Å²) < 4.78 is 53.0. The molecule has 2 rings (SSSR count). The van der Waals surface area contributed by atoms with Gasteiger partial charge in [-0.1, -0.05) is 22.0 Å². The van der Waals surface area contributed by atoms with Crippen LogP contribution in [0.5, 0.6) is 0 Å². The van der Waals surface area contributed by atoms with E-state index in [1.807, 2.05) is 0 Å². The van der Waals surface area contributed by atoms with E-state index in [4.69, 9.17) is 0 Å². The molecule has 6 heteroatoms. The standard InChI is InChI=1S/C14H10BrF4N/c1-7(9-3-2-8(16)6-10(9)15)20-12-5-4-11(17)13(18)14(12)19/h2-7,20H,1H3. The van der Waals surface area contributed by atoms with E-state index >= 15 is 0 Å². The maximum atomic E-state index is 13.6. The van der Waals surface area contributed by atoms with Crippen LogP contribution < -0.4 is 5.32 Å². The first kappa shape index (κ1) is 14.8. The molecule has 1 unspecified atom stereocenters. The number of rotatable bonds is 3. The van der Waals surface area contributed by atoms with Gasteiger partial charge in [-0.05, 0) is 36.8 Å². The van der Waals surface area contributed by atoms with Crippen molar-refractivity contribution in [2.24, 2.45) is 0 Å². The quantitative estimate of drug-likeness (QED) is 0.595. The van der Waals surface area contributed by atoms with Gasteiger partial charge in [0.05, 0.1) is 5.69 Å². The second-order valence-corrected chi connectivity index (χ2v) is 5.11. The van der Waals surface area contributed by atoms with E-state index in [1.54, 1.807) is 6.92 Å². The molecule has 106 valence electrons. The monoisotopic (exact) mass is 347 g/mol. The van der Waals surface area contributed by atoms with Gasteiger partial charge in [0.2, 0.25) is 0 Å². The summed E-state index contributed by atoms with van der Waals surface area (Å²) >= 11 is 3.20. The summed E-state index contributed by atoms with van der Waals surface area (Å²) in [5, 5.41) is 2.72. The van der Waals surface area contributed by atoms with Crippen molar-refractivity contribution in [1.82, 2.24) is 0 Å². The van der Waals surface area contributed by atoms with Crippen molar-refractivity contribution in [2.75, 3.05) is 5.32 Å². The van der Waals surface area contributed by atoms with E-state index in [-0.39, 0.29) is 5.69 Å². The minimum Gasteiger partial charge on any atom is -0.376 e. The maximum absolute atomic E-state index is 13.6. The predicted octanol–water partition coefficient (Wildman–Crippen LogP) is 5.18. The first-order valence-electron chi connectivity index (χ1n) is 5.75. The Kier molecular flexibility index (Phi) is 4.32. The van der Waals surface area contributed by atoms with Crippen molar-refractivity contribution < 1.29 is 17.6 Å². The van der Waals surface area contributed by atoms with Crippen molar-refractivity contribution in [1.29, 1.82) is 0 Å². The first-order chi connectivity index (χ1) is 9.40. The topological polar surface area (TPSA) is 12.0 Å². The number of anilines is 1. The van der Waals surface area contributed by atoms with E-state index in [0.717, 1.165) is 12.1 Å². The molecule has 20 heavy (non-hydrogen) atoms. The van der Waals surface area contributed by atoms with Gasteiger partial charge in [-0.3, -0.25) is 0 Å². The Morgan fingerprint density at radius 3 is 2.35 bits per heavy atom. The summed E-state index contributed by atoms with van der Waals surface area (Å²) in [6.45, 7) is 1.69. The first-order valence-corrected chi connectivity index (χ1v) is 6.54. The van der Waals surface area contributed by atoms with Crippen LogP contribution in [0, 0.1) is 23.3 Å². The molecule has 2 aromatic rings. The Hall–Kier alpha value is -1.56. The van der Waals surface area contributed by atoms with Crippen molar-refractivity contribution in [3.8, 4) is 0 Å². The highest BCUT2D eigenvalue weighted by Crippen LogP contribution is 2.29. The van der Waals surface area contributed by atoms with Crippen molar-refractivity contribution in [3.63, 3.8) is 0 Å². The van der Waals surface area contributed by atoms with Gasteiger partial charge in [-0.25, -0.2) is 17.6 Å². The third kappa shape index (κ3) is 2.95. The molecule has 0 radical (unpaired) electrons. The average Bonchev–Trinajstić information content (AvgIpc) is 2.39. The van der Waals surface area contributed by atoms with Crippen LogP contribution >= 0.6 is 15.9 Å². The number of halogens is 5.